The number of imidazole rings is 2. The molecule has 7 heteroatoms. The summed E-state index contributed by atoms with van der Waals surface area (Å²) in [4.78, 5) is 19.7. The largest absolute Gasteiger partial charge is 0.341 e. The van der Waals surface area contributed by atoms with Crippen LogP contribution in [-0.2, 0) is 0 Å². The van der Waals surface area contributed by atoms with Crippen molar-refractivity contribution in [3.8, 4) is 0 Å². The Kier molecular flexibility index (Phi) is 5.37. The van der Waals surface area contributed by atoms with Gasteiger partial charge in [-0.25, -0.2) is 9.97 Å². The number of rotatable bonds is 5. The first kappa shape index (κ1) is 21.5. The number of fused-ring (bicyclic) bond motifs is 2. The molecule has 35 heavy (non-hydrogen) atoms. The van der Waals surface area contributed by atoms with Gasteiger partial charge in [0.1, 0.15) is 11.6 Å². The highest BCUT2D eigenvalue weighted by Gasteiger charge is 2.34. The Labute approximate surface area is 206 Å². The van der Waals surface area contributed by atoms with Crippen molar-refractivity contribution in [2.45, 2.75) is 69.6 Å². The van der Waals surface area contributed by atoms with Gasteiger partial charge >= 0.3 is 0 Å². The minimum atomic E-state index is 0.371. The number of nitrogens with zero attached hydrogens (tertiary/aromatic N) is 3. The summed E-state index contributed by atoms with van der Waals surface area (Å²) in [6.07, 6.45) is 7.14. The van der Waals surface area contributed by atoms with E-state index < -0.39 is 0 Å². The lowest BCUT2D eigenvalue weighted by atomic mass is 10.0. The third-order valence-electron chi connectivity index (χ3n) is 8.48. The predicted octanol–water partition coefficient (Wildman–Crippen LogP) is 5.19. The van der Waals surface area contributed by atoms with Crippen molar-refractivity contribution >= 4 is 22.1 Å². The summed E-state index contributed by atoms with van der Waals surface area (Å²) in [5.74, 6) is 2.18. The first-order valence-corrected chi connectivity index (χ1v) is 13.5. The Balaban J connectivity index is 1.15. The van der Waals surface area contributed by atoms with Gasteiger partial charge in [-0.1, -0.05) is 19.1 Å². The van der Waals surface area contributed by atoms with E-state index in [1.807, 2.05) is 0 Å². The summed E-state index contributed by atoms with van der Waals surface area (Å²) in [6.45, 7) is 5.50. The van der Waals surface area contributed by atoms with Crippen LogP contribution in [0.4, 0.5) is 0 Å². The van der Waals surface area contributed by atoms with Crippen molar-refractivity contribution in [2.75, 3.05) is 19.6 Å². The smallest absolute Gasteiger partial charge is 0.124 e. The maximum absolute atomic E-state index is 4.88. The number of benzene rings is 2. The minimum Gasteiger partial charge on any atom is -0.341 e. The molecule has 2 aromatic heterocycles. The molecule has 182 valence electrons. The molecule has 0 amide bonds. The molecule has 0 bridgehead atoms. The van der Waals surface area contributed by atoms with Crippen LogP contribution in [0.3, 0.4) is 0 Å². The van der Waals surface area contributed by atoms with Crippen LogP contribution < -0.4 is 10.6 Å². The number of likely N-dealkylation sites (tertiary alicyclic amines) is 1. The number of H-pyrrole nitrogens is 2. The highest BCUT2D eigenvalue weighted by Crippen LogP contribution is 2.44. The van der Waals surface area contributed by atoms with Crippen molar-refractivity contribution in [3.63, 3.8) is 0 Å². The molecule has 7 nitrogen and oxygen atoms in total. The molecule has 2 aromatic carbocycles. The Morgan fingerprint density at radius 2 is 1.26 bits per heavy atom. The van der Waals surface area contributed by atoms with Crippen LogP contribution in [0, 0.1) is 0 Å². The summed E-state index contributed by atoms with van der Waals surface area (Å²) in [6, 6.07) is 15.3. The van der Waals surface area contributed by atoms with Crippen LogP contribution in [0.25, 0.3) is 22.1 Å². The Bertz CT molecular complexity index is 1240. The second-order valence-electron chi connectivity index (χ2n) is 10.5. The number of aromatic nitrogens is 4. The number of nitrogens with one attached hydrogen (secondary N) is 4. The molecule has 4 atom stereocenters. The molecule has 3 fully saturated rings. The van der Waals surface area contributed by atoms with Gasteiger partial charge in [-0.2, -0.15) is 0 Å². The fourth-order valence-corrected chi connectivity index (χ4v) is 6.70. The molecule has 0 aliphatic carbocycles. The van der Waals surface area contributed by atoms with Gasteiger partial charge in [0.2, 0.25) is 0 Å². The van der Waals surface area contributed by atoms with Crippen LogP contribution in [0.15, 0.2) is 36.4 Å². The second kappa shape index (κ2) is 8.73. The van der Waals surface area contributed by atoms with Gasteiger partial charge in [0, 0.05) is 12.1 Å². The first-order chi connectivity index (χ1) is 17.3. The summed E-state index contributed by atoms with van der Waals surface area (Å²) in [5.41, 5.74) is 7.28. The molecule has 2 unspecified atom stereocenters. The molecule has 0 spiro atoms. The average Bonchev–Trinajstić information content (AvgIpc) is 3.71. The van der Waals surface area contributed by atoms with E-state index >= 15 is 0 Å². The van der Waals surface area contributed by atoms with Crippen LogP contribution in [-0.4, -0.2) is 44.5 Å². The SMILES string of the molecule is CCN1C(c2ccc3nc([C@@H]4CCCN4)[nH]c3c2)CC[C@H]1c1ccc2nc(C3CCCN3)[nH]c2c1. The molecule has 3 saturated heterocycles. The molecular weight excluding hydrogens is 434 g/mol. The zero-order chi connectivity index (χ0) is 23.4. The molecule has 4 N–H and O–H groups in total. The lowest BCUT2D eigenvalue weighted by Crippen LogP contribution is -2.26. The summed E-state index contributed by atoms with van der Waals surface area (Å²) < 4.78 is 0. The fourth-order valence-electron chi connectivity index (χ4n) is 6.70. The lowest BCUT2D eigenvalue weighted by Gasteiger charge is -2.29. The van der Waals surface area contributed by atoms with Crippen molar-refractivity contribution < 1.29 is 0 Å². The van der Waals surface area contributed by atoms with Gasteiger partial charge < -0.3 is 20.6 Å². The van der Waals surface area contributed by atoms with E-state index in [1.165, 1.54) is 49.7 Å². The van der Waals surface area contributed by atoms with Crippen molar-refractivity contribution in [1.82, 2.24) is 35.5 Å². The second-order valence-corrected chi connectivity index (χ2v) is 10.5. The maximum Gasteiger partial charge on any atom is 0.124 e. The van der Waals surface area contributed by atoms with Gasteiger partial charge in [-0.15, -0.1) is 0 Å². The number of hydrogen-bond donors (Lipinski definition) is 4. The van der Waals surface area contributed by atoms with E-state index in [2.05, 4.69) is 68.8 Å². The van der Waals surface area contributed by atoms with Crippen molar-refractivity contribution in [2.24, 2.45) is 0 Å². The highest BCUT2D eigenvalue weighted by atomic mass is 15.2. The minimum absolute atomic E-state index is 0.371. The van der Waals surface area contributed by atoms with Gasteiger partial charge in [-0.3, -0.25) is 4.90 Å². The van der Waals surface area contributed by atoms with Crippen molar-refractivity contribution in [3.05, 3.63) is 59.2 Å². The Hall–Kier alpha value is -2.74. The van der Waals surface area contributed by atoms with Gasteiger partial charge in [0.05, 0.1) is 34.2 Å². The van der Waals surface area contributed by atoms with Crippen molar-refractivity contribution in [1.29, 1.82) is 0 Å². The van der Waals surface area contributed by atoms with Crippen LogP contribution in [0.2, 0.25) is 0 Å². The standard InChI is InChI=1S/C28H35N7/c1-2-35-25(17-7-9-19-23(15-17)33-27(31-19)21-5-3-13-29-21)11-12-26(35)18-8-10-20-24(16-18)34-28(32-20)22-6-4-14-30-22/h7-10,15-16,21-22,25-26,29-30H,2-6,11-14H2,1H3,(H,31,33)(H,32,34)/t21-,22?,25?,26-/m0/s1. The molecule has 3 aliphatic heterocycles. The summed E-state index contributed by atoms with van der Waals surface area (Å²) in [5, 5.41) is 7.12. The molecule has 5 heterocycles. The van der Waals surface area contributed by atoms with E-state index in [-0.39, 0.29) is 0 Å². The first-order valence-electron chi connectivity index (χ1n) is 13.5. The quantitative estimate of drug-likeness (QED) is 0.323. The van der Waals surface area contributed by atoms with Crippen LogP contribution in [0.5, 0.6) is 0 Å². The highest BCUT2D eigenvalue weighted by molar-refractivity contribution is 5.77. The summed E-state index contributed by atoms with van der Waals surface area (Å²) in [7, 11) is 0. The monoisotopic (exact) mass is 469 g/mol. The Morgan fingerprint density at radius 1 is 0.743 bits per heavy atom. The van der Waals surface area contributed by atoms with E-state index in [9.17, 15) is 0 Å². The van der Waals surface area contributed by atoms with Gasteiger partial charge in [-0.05, 0) is 93.6 Å². The molecular formula is C28H35N7. The number of hydrogen-bond acceptors (Lipinski definition) is 5. The molecule has 4 aromatic rings. The molecule has 0 radical (unpaired) electrons. The fraction of sp³-hybridized carbons (Fsp3) is 0.500. The topological polar surface area (TPSA) is 84.7 Å². The third kappa shape index (κ3) is 3.77. The molecule has 3 aliphatic rings. The average molecular weight is 470 g/mol. The lowest BCUT2D eigenvalue weighted by molar-refractivity contribution is 0.206. The van der Waals surface area contributed by atoms with Gasteiger partial charge in [0.25, 0.3) is 0 Å². The third-order valence-corrected chi connectivity index (χ3v) is 8.48. The van der Waals surface area contributed by atoms with Crippen LogP contribution in [0.1, 0.15) is 92.4 Å². The van der Waals surface area contributed by atoms with E-state index in [1.54, 1.807) is 0 Å². The van der Waals surface area contributed by atoms with E-state index in [0.29, 0.717) is 24.2 Å². The van der Waals surface area contributed by atoms with Crippen LogP contribution >= 0.6 is 0 Å². The zero-order valence-electron chi connectivity index (χ0n) is 20.5. The zero-order valence-corrected chi connectivity index (χ0v) is 20.5. The van der Waals surface area contributed by atoms with E-state index in [4.69, 9.17) is 9.97 Å². The number of aromatic amines is 2. The Morgan fingerprint density at radius 3 is 1.69 bits per heavy atom. The normalized spacial score (nSPS) is 27.6. The maximum atomic E-state index is 4.88. The van der Waals surface area contributed by atoms with E-state index in [0.717, 1.165) is 53.3 Å². The molecule has 0 saturated carbocycles. The van der Waals surface area contributed by atoms with Gasteiger partial charge in [0.15, 0.2) is 0 Å². The summed E-state index contributed by atoms with van der Waals surface area (Å²) >= 11 is 0. The predicted molar refractivity (Wildman–Crippen MR) is 139 cm³/mol. The molecule has 7 rings (SSSR count).